The molecule has 0 saturated carbocycles. The quantitative estimate of drug-likeness (QED) is 0.180. The lowest BCUT2D eigenvalue weighted by atomic mass is 10.1. The van der Waals surface area contributed by atoms with Gasteiger partial charge in [0, 0.05) is 5.02 Å². The lowest BCUT2D eigenvalue weighted by Gasteiger charge is -2.24. The van der Waals surface area contributed by atoms with Crippen molar-refractivity contribution in [2.24, 2.45) is 5.10 Å². The van der Waals surface area contributed by atoms with E-state index in [0.29, 0.717) is 23.1 Å². The van der Waals surface area contributed by atoms with Gasteiger partial charge < -0.3 is 4.74 Å². The van der Waals surface area contributed by atoms with E-state index in [1.165, 1.54) is 36.0 Å². The van der Waals surface area contributed by atoms with Crippen LogP contribution in [-0.4, -0.2) is 27.1 Å². The number of ether oxygens (including phenoxy) is 1. The number of nitrogens with zero attached hydrogens (tertiary/aromatic N) is 2. The van der Waals surface area contributed by atoms with Gasteiger partial charge in [0.1, 0.15) is 18.9 Å². The number of nitrogens with one attached hydrogen (secondary N) is 1. The number of sulfonamides is 1. The van der Waals surface area contributed by atoms with Crippen LogP contribution in [0.25, 0.3) is 0 Å². The molecule has 4 aromatic carbocycles. The van der Waals surface area contributed by atoms with Crippen LogP contribution in [0.1, 0.15) is 27.8 Å². The third-order valence-corrected chi connectivity index (χ3v) is 8.32. The molecular weight excluding hydrogens is 546 g/mol. The molecule has 0 heterocycles. The second-order valence-electron chi connectivity index (χ2n) is 9.37. The number of benzene rings is 4. The fraction of sp³-hybridized carbons (Fsp3) is 0.161. The van der Waals surface area contributed by atoms with Gasteiger partial charge in [0.25, 0.3) is 15.9 Å². The van der Waals surface area contributed by atoms with Crippen LogP contribution in [0.5, 0.6) is 5.75 Å². The van der Waals surface area contributed by atoms with Gasteiger partial charge in [0.15, 0.2) is 0 Å². The van der Waals surface area contributed by atoms with Crippen LogP contribution in [0.15, 0.2) is 101 Å². The summed E-state index contributed by atoms with van der Waals surface area (Å²) >= 11 is 5.95. The van der Waals surface area contributed by atoms with Crippen LogP contribution >= 0.6 is 11.6 Å². The number of hydrogen-bond acceptors (Lipinski definition) is 5. The van der Waals surface area contributed by atoms with Gasteiger partial charge in [-0.1, -0.05) is 47.5 Å². The van der Waals surface area contributed by atoms with E-state index in [4.69, 9.17) is 16.3 Å². The number of hydrogen-bond donors (Lipinski definition) is 1. The number of hydrazone groups is 1. The number of amides is 1. The Kier molecular flexibility index (Phi) is 9.24. The number of aryl methyl sites for hydroxylation is 3. The first-order valence-corrected chi connectivity index (χ1v) is 14.4. The molecule has 0 aromatic heterocycles. The second-order valence-corrected chi connectivity index (χ2v) is 11.7. The minimum Gasteiger partial charge on any atom is -0.489 e. The first-order chi connectivity index (χ1) is 19.1. The summed E-state index contributed by atoms with van der Waals surface area (Å²) in [6, 6.07) is 26.4. The Labute approximate surface area is 240 Å². The standard InChI is InChI=1S/C31H30ClN3O4S/c1-22-4-7-26(8-5-22)21-39-29-14-9-25(10-15-29)19-33-34-31(36)20-35(28-13-6-23(2)24(3)18-28)40(37,38)30-16-11-27(32)12-17-30/h4-19H,20-21H2,1-3H3,(H,34,36)/b33-19-. The van der Waals surface area contributed by atoms with E-state index in [2.05, 4.69) is 10.5 Å². The van der Waals surface area contributed by atoms with Crippen LogP contribution < -0.4 is 14.5 Å². The average molecular weight is 576 g/mol. The number of carbonyl (C=O) groups excluding carboxylic acids is 1. The molecule has 0 atom stereocenters. The molecule has 0 saturated heterocycles. The van der Waals surface area contributed by atoms with E-state index in [0.717, 1.165) is 26.6 Å². The van der Waals surface area contributed by atoms with Crippen molar-refractivity contribution in [2.75, 3.05) is 10.8 Å². The normalized spacial score (nSPS) is 11.4. The Bertz CT molecular complexity index is 1600. The summed E-state index contributed by atoms with van der Waals surface area (Å²) in [5.41, 5.74) is 7.72. The third-order valence-electron chi connectivity index (χ3n) is 6.28. The zero-order valence-corrected chi connectivity index (χ0v) is 24.0. The van der Waals surface area contributed by atoms with Gasteiger partial charge in [0.2, 0.25) is 0 Å². The summed E-state index contributed by atoms with van der Waals surface area (Å²) in [6.07, 6.45) is 1.48. The molecule has 1 amide bonds. The molecule has 0 aliphatic carbocycles. The fourth-order valence-electron chi connectivity index (χ4n) is 3.78. The highest BCUT2D eigenvalue weighted by Gasteiger charge is 2.27. The van der Waals surface area contributed by atoms with Crippen molar-refractivity contribution >= 4 is 39.4 Å². The van der Waals surface area contributed by atoms with Gasteiger partial charge >= 0.3 is 0 Å². The summed E-state index contributed by atoms with van der Waals surface area (Å²) in [5, 5.41) is 4.43. The predicted octanol–water partition coefficient (Wildman–Crippen LogP) is 6.19. The second kappa shape index (κ2) is 12.8. The first-order valence-electron chi connectivity index (χ1n) is 12.6. The molecule has 0 bridgehead atoms. The maximum absolute atomic E-state index is 13.5. The number of rotatable bonds is 10. The van der Waals surface area contributed by atoms with Gasteiger partial charge in [-0.15, -0.1) is 0 Å². The Morgan fingerprint density at radius 2 is 1.57 bits per heavy atom. The average Bonchev–Trinajstić information content (AvgIpc) is 2.94. The van der Waals surface area contributed by atoms with Crippen molar-refractivity contribution in [1.29, 1.82) is 0 Å². The van der Waals surface area contributed by atoms with Gasteiger partial charge in [-0.2, -0.15) is 5.10 Å². The van der Waals surface area contributed by atoms with E-state index in [-0.39, 0.29) is 4.90 Å². The molecule has 206 valence electrons. The lowest BCUT2D eigenvalue weighted by Crippen LogP contribution is -2.39. The van der Waals surface area contributed by atoms with Gasteiger partial charge in [-0.25, -0.2) is 13.8 Å². The summed E-state index contributed by atoms with van der Waals surface area (Å²) < 4.78 is 33.9. The molecule has 7 nitrogen and oxygen atoms in total. The molecule has 0 spiro atoms. The molecule has 1 N–H and O–H groups in total. The molecule has 9 heteroatoms. The van der Waals surface area contributed by atoms with Crippen molar-refractivity contribution in [2.45, 2.75) is 32.3 Å². The molecule has 0 aliphatic rings. The maximum atomic E-state index is 13.5. The zero-order valence-electron chi connectivity index (χ0n) is 22.5. The molecule has 0 radical (unpaired) electrons. The summed E-state index contributed by atoms with van der Waals surface area (Å²) in [7, 11) is -4.06. The molecule has 0 unspecified atom stereocenters. The van der Waals surface area contributed by atoms with E-state index in [1.54, 1.807) is 12.1 Å². The maximum Gasteiger partial charge on any atom is 0.264 e. The Morgan fingerprint density at radius 1 is 0.900 bits per heavy atom. The highest BCUT2D eigenvalue weighted by molar-refractivity contribution is 7.92. The molecule has 4 aromatic rings. The van der Waals surface area contributed by atoms with Crippen molar-refractivity contribution in [1.82, 2.24) is 5.43 Å². The van der Waals surface area contributed by atoms with E-state index in [9.17, 15) is 13.2 Å². The number of carbonyl (C=O) groups is 1. The molecule has 40 heavy (non-hydrogen) atoms. The fourth-order valence-corrected chi connectivity index (χ4v) is 5.31. The minimum absolute atomic E-state index is 0.0242. The monoisotopic (exact) mass is 575 g/mol. The van der Waals surface area contributed by atoms with Crippen molar-refractivity contribution < 1.29 is 17.9 Å². The highest BCUT2D eigenvalue weighted by Crippen LogP contribution is 2.26. The van der Waals surface area contributed by atoms with Crippen molar-refractivity contribution in [3.63, 3.8) is 0 Å². The summed E-state index contributed by atoms with van der Waals surface area (Å²) in [4.78, 5) is 12.8. The van der Waals surface area contributed by atoms with E-state index in [1.807, 2.05) is 75.4 Å². The van der Waals surface area contributed by atoms with Crippen LogP contribution in [0.2, 0.25) is 5.02 Å². The zero-order chi connectivity index (χ0) is 28.7. The number of halogens is 1. The Balaban J connectivity index is 1.42. The summed E-state index contributed by atoms with van der Waals surface area (Å²) in [6.45, 7) is 5.85. The van der Waals surface area contributed by atoms with Gasteiger partial charge in [-0.05, 0) is 104 Å². The minimum atomic E-state index is -4.06. The third kappa shape index (κ3) is 7.49. The van der Waals surface area contributed by atoms with E-state index < -0.39 is 22.5 Å². The highest BCUT2D eigenvalue weighted by atomic mass is 35.5. The van der Waals surface area contributed by atoms with Crippen LogP contribution in [-0.2, 0) is 21.4 Å². The largest absolute Gasteiger partial charge is 0.489 e. The van der Waals surface area contributed by atoms with E-state index >= 15 is 0 Å². The van der Waals surface area contributed by atoms with Gasteiger partial charge in [-0.3, -0.25) is 9.10 Å². The topological polar surface area (TPSA) is 88.1 Å². The molecule has 4 rings (SSSR count). The van der Waals surface area contributed by atoms with Crippen molar-refractivity contribution in [3.05, 3.63) is 124 Å². The Hall–Kier alpha value is -4.14. The van der Waals surface area contributed by atoms with Crippen LogP contribution in [0.3, 0.4) is 0 Å². The SMILES string of the molecule is Cc1ccc(COc2ccc(/C=N\NC(=O)CN(c3ccc(C)c(C)c3)S(=O)(=O)c3ccc(Cl)cc3)cc2)cc1. The molecular formula is C31H30ClN3O4S. The predicted molar refractivity (Wildman–Crippen MR) is 160 cm³/mol. The Morgan fingerprint density at radius 3 is 2.23 bits per heavy atom. The van der Waals surface area contributed by atoms with Crippen LogP contribution in [0.4, 0.5) is 5.69 Å². The van der Waals surface area contributed by atoms with Crippen LogP contribution in [0, 0.1) is 20.8 Å². The number of anilines is 1. The molecule has 0 aliphatic heterocycles. The molecule has 0 fully saturated rings. The summed E-state index contributed by atoms with van der Waals surface area (Å²) in [5.74, 6) is 0.114. The lowest BCUT2D eigenvalue weighted by molar-refractivity contribution is -0.119. The smallest absolute Gasteiger partial charge is 0.264 e. The van der Waals surface area contributed by atoms with Crippen molar-refractivity contribution in [3.8, 4) is 5.75 Å². The van der Waals surface area contributed by atoms with Gasteiger partial charge in [0.05, 0.1) is 16.8 Å². The first kappa shape index (κ1) is 28.9.